The van der Waals surface area contributed by atoms with E-state index in [2.05, 4.69) is 57.5 Å². The molecule has 1 aromatic heterocycles. The lowest BCUT2D eigenvalue weighted by molar-refractivity contribution is -0.116. The Hall–Kier alpha value is -3.35. The number of carbonyl (C=O) groups is 2. The summed E-state index contributed by atoms with van der Waals surface area (Å²) in [4.78, 5) is 37.7. The Morgan fingerprint density at radius 2 is 1.82 bits per heavy atom. The number of ether oxygens (including phenoxy) is 1. The summed E-state index contributed by atoms with van der Waals surface area (Å²) < 4.78 is 5.52. The Kier molecular flexibility index (Phi) is 16.2. The number of amides is 2. The first kappa shape index (κ1) is 37.8. The SMILES string of the molecule is CCC(CC)SSC(CCOC(=O)NCCNc1cccc2c(N(C)C)cccc12)=C(C)N(C=O)Cc1cnc(C)nc1N.Cl. The second kappa shape index (κ2) is 19.2. The standard InChI is InChI=1S/C32H45N7O3S2.ClH/c1-7-25(8-2)43-44-30(22(3)39(21-40)20-24-19-36-23(4)37-31(24)33)15-18-42-32(41)35-17-16-34-28-13-9-12-27-26(28)11-10-14-29(27)38(5)6;/h9-14,19,21,25,34H,7-8,15-18,20H2,1-6H3,(H,35,41)(H2,33,36,37);1H. The zero-order chi connectivity index (χ0) is 32.1. The summed E-state index contributed by atoms with van der Waals surface area (Å²) in [5, 5.41) is 9.01. The molecule has 3 rings (SSSR count). The summed E-state index contributed by atoms with van der Waals surface area (Å²) in [6, 6.07) is 12.4. The average Bonchev–Trinajstić information content (AvgIpc) is 3.01. The number of hydrogen-bond acceptors (Lipinski definition) is 10. The molecule has 2 aromatic carbocycles. The van der Waals surface area contributed by atoms with Gasteiger partial charge in [-0.2, -0.15) is 0 Å². The third-order valence-corrected chi connectivity index (χ3v) is 10.6. The molecule has 10 nitrogen and oxygen atoms in total. The molecule has 0 aliphatic heterocycles. The van der Waals surface area contributed by atoms with Crippen molar-refractivity contribution in [1.29, 1.82) is 0 Å². The number of hydrogen-bond donors (Lipinski definition) is 3. The monoisotopic (exact) mass is 675 g/mol. The van der Waals surface area contributed by atoms with Gasteiger partial charge in [0.1, 0.15) is 11.6 Å². The minimum absolute atomic E-state index is 0. The molecular weight excluding hydrogens is 630 g/mol. The van der Waals surface area contributed by atoms with E-state index in [1.807, 2.05) is 39.2 Å². The number of alkyl carbamates (subject to hydrolysis) is 1. The van der Waals surface area contributed by atoms with Gasteiger partial charge in [0.05, 0.1) is 13.2 Å². The Balaban J connectivity index is 0.00000705. The minimum atomic E-state index is -0.480. The van der Waals surface area contributed by atoms with E-state index in [1.54, 1.807) is 39.6 Å². The highest BCUT2D eigenvalue weighted by Crippen LogP contribution is 2.40. The van der Waals surface area contributed by atoms with Crippen LogP contribution in [0.5, 0.6) is 0 Å². The quantitative estimate of drug-likeness (QED) is 0.0782. The average molecular weight is 676 g/mol. The fourth-order valence-corrected chi connectivity index (χ4v) is 7.65. The van der Waals surface area contributed by atoms with E-state index in [0.29, 0.717) is 42.0 Å². The van der Waals surface area contributed by atoms with Crippen LogP contribution in [0.4, 0.5) is 22.0 Å². The second-order valence-electron chi connectivity index (χ2n) is 10.5. The number of fused-ring (bicyclic) bond motifs is 1. The van der Waals surface area contributed by atoms with Gasteiger partial charge in [-0.3, -0.25) is 4.79 Å². The summed E-state index contributed by atoms with van der Waals surface area (Å²) in [6.07, 6.45) is 4.51. The van der Waals surface area contributed by atoms with Gasteiger partial charge < -0.3 is 30.9 Å². The number of allylic oxidation sites excluding steroid dienone is 1. The fraction of sp³-hybridized carbons (Fsp3) is 0.438. The van der Waals surface area contributed by atoms with Crippen LogP contribution in [0.2, 0.25) is 0 Å². The molecule has 0 atom stereocenters. The molecule has 13 heteroatoms. The predicted molar refractivity (Wildman–Crippen MR) is 193 cm³/mol. The first-order valence-electron chi connectivity index (χ1n) is 14.8. The van der Waals surface area contributed by atoms with Crippen LogP contribution in [0.25, 0.3) is 10.8 Å². The summed E-state index contributed by atoms with van der Waals surface area (Å²) in [5.74, 6) is 0.929. The van der Waals surface area contributed by atoms with Crippen molar-refractivity contribution >= 4 is 74.5 Å². The highest BCUT2D eigenvalue weighted by molar-refractivity contribution is 8.78. The van der Waals surface area contributed by atoms with Gasteiger partial charge in [0.15, 0.2) is 0 Å². The van der Waals surface area contributed by atoms with Crippen molar-refractivity contribution in [2.24, 2.45) is 0 Å². The van der Waals surface area contributed by atoms with Crippen LogP contribution in [-0.2, 0) is 16.1 Å². The van der Waals surface area contributed by atoms with Crippen LogP contribution in [0.1, 0.15) is 51.4 Å². The van der Waals surface area contributed by atoms with Gasteiger partial charge in [-0.05, 0) is 38.8 Å². The van der Waals surface area contributed by atoms with Crippen molar-refractivity contribution in [3.8, 4) is 0 Å². The van der Waals surface area contributed by atoms with Crippen LogP contribution in [-0.4, -0.2) is 66.4 Å². The Morgan fingerprint density at radius 3 is 2.49 bits per heavy atom. The van der Waals surface area contributed by atoms with Crippen LogP contribution >= 0.6 is 34.0 Å². The molecule has 2 amide bonds. The lowest BCUT2D eigenvalue weighted by atomic mass is 10.1. The van der Waals surface area contributed by atoms with Gasteiger partial charge in [0.25, 0.3) is 0 Å². The normalized spacial score (nSPS) is 11.4. The third kappa shape index (κ3) is 11.2. The van der Waals surface area contributed by atoms with Gasteiger partial charge in [-0.1, -0.05) is 59.7 Å². The van der Waals surface area contributed by atoms with Crippen molar-refractivity contribution in [1.82, 2.24) is 20.2 Å². The van der Waals surface area contributed by atoms with Crippen molar-refractivity contribution in [2.75, 3.05) is 49.7 Å². The molecular formula is C32H46ClN7O3S2. The van der Waals surface area contributed by atoms with E-state index in [9.17, 15) is 9.59 Å². The van der Waals surface area contributed by atoms with E-state index in [4.69, 9.17) is 10.5 Å². The molecule has 0 aliphatic rings. The molecule has 246 valence electrons. The number of nitrogens with two attached hydrogens (primary N) is 1. The number of nitrogens with one attached hydrogen (secondary N) is 2. The molecule has 0 saturated heterocycles. The number of benzene rings is 2. The first-order valence-corrected chi connectivity index (χ1v) is 17.1. The number of carbonyl (C=O) groups excluding carboxylic acids is 2. The summed E-state index contributed by atoms with van der Waals surface area (Å²) in [6.45, 7) is 9.39. The smallest absolute Gasteiger partial charge is 0.407 e. The molecule has 0 fully saturated rings. The van der Waals surface area contributed by atoms with Crippen molar-refractivity contribution in [3.63, 3.8) is 0 Å². The molecule has 0 saturated carbocycles. The number of nitrogen functional groups attached to an aromatic ring is 1. The van der Waals surface area contributed by atoms with Crippen LogP contribution in [0, 0.1) is 6.92 Å². The largest absolute Gasteiger partial charge is 0.449 e. The van der Waals surface area contributed by atoms with Crippen LogP contribution in [0.3, 0.4) is 0 Å². The van der Waals surface area contributed by atoms with E-state index in [1.165, 1.54) is 0 Å². The molecule has 0 aliphatic carbocycles. The minimum Gasteiger partial charge on any atom is -0.449 e. The van der Waals surface area contributed by atoms with Crippen molar-refractivity contribution in [3.05, 3.63) is 64.6 Å². The Morgan fingerprint density at radius 1 is 1.11 bits per heavy atom. The van der Waals surface area contributed by atoms with Gasteiger partial charge in [0, 0.05) is 83.4 Å². The number of aryl methyl sites for hydroxylation is 1. The maximum Gasteiger partial charge on any atom is 0.407 e. The lowest BCUT2D eigenvalue weighted by Gasteiger charge is -2.23. The lowest BCUT2D eigenvalue weighted by Crippen LogP contribution is -2.29. The number of aromatic nitrogens is 2. The molecule has 1 heterocycles. The van der Waals surface area contributed by atoms with E-state index in [0.717, 1.165) is 52.0 Å². The van der Waals surface area contributed by atoms with Crippen LogP contribution < -0.4 is 21.3 Å². The van der Waals surface area contributed by atoms with Gasteiger partial charge in [-0.25, -0.2) is 14.8 Å². The summed E-state index contributed by atoms with van der Waals surface area (Å²) >= 11 is 0. The van der Waals surface area contributed by atoms with Crippen molar-refractivity contribution < 1.29 is 14.3 Å². The molecule has 0 radical (unpaired) electrons. The molecule has 3 aromatic rings. The maximum absolute atomic E-state index is 12.5. The van der Waals surface area contributed by atoms with Crippen LogP contribution in [0.15, 0.2) is 53.2 Å². The maximum atomic E-state index is 12.5. The van der Waals surface area contributed by atoms with E-state index in [-0.39, 0.29) is 25.6 Å². The van der Waals surface area contributed by atoms with Gasteiger partial charge >= 0.3 is 6.09 Å². The molecule has 0 unspecified atom stereocenters. The predicted octanol–water partition coefficient (Wildman–Crippen LogP) is 7.00. The van der Waals surface area contributed by atoms with Gasteiger partial charge in [-0.15, -0.1) is 12.4 Å². The summed E-state index contributed by atoms with van der Waals surface area (Å²) in [5.41, 5.74) is 9.70. The van der Waals surface area contributed by atoms with Gasteiger partial charge in [0.2, 0.25) is 6.41 Å². The summed E-state index contributed by atoms with van der Waals surface area (Å²) in [7, 11) is 7.47. The highest BCUT2D eigenvalue weighted by Gasteiger charge is 2.17. The Bertz CT molecular complexity index is 1440. The second-order valence-corrected chi connectivity index (χ2v) is 13.1. The number of rotatable bonds is 17. The van der Waals surface area contributed by atoms with E-state index >= 15 is 0 Å². The zero-order valence-corrected chi connectivity index (χ0v) is 29.4. The highest BCUT2D eigenvalue weighted by atomic mass is 35.5. The number of halogens is 1. The topological polar surface area (TPSA) is 126 Å². The first-order chi connectivity index (χ1) is 21.2. The van der Waals surface area contributed by atoms with E-state index < -0.39 is 6.09 Å². The molecule has 0 bridgehead atoms. The Labute approximate surface area is 281 Å². The zero-order valence-electron chi connectivity index (χ0n) is 27.0. The molecule has 0 spiro atoms. The number of anilines is 3. The van der Waals surface area contributed by atoms with Crippen molar-refractivity contribution in [2.45, 2.75) is 58.8 Å². The third-order valence-electron chi connectivity index (χ3n) is 7.17. The molecule has 4 N–H and O–H groups in total. The number of nitrogens with zero attached hydrogens (tertiary/aromatic N) is 4. The molecule has 45 heavy (non-hydrogen) atoms. The fourth-order valence-electron chi connectivity index (χ4n) is 4.53.